The number of likely N-dealkylation sites (N-methyl/N-ethyl adjacent to an activating group) is 1. The first kappa shape index (κ1) is 14.2. The van der Waals surface area contributed by atoms with Gasteiger partial charge in [0, 0.05) is 12.5 Å². The van der Waals surface area contributed by atoms with Gasteiger partial charge >= 0.3 is 0 Å². The van der Waals surface area contributed by atoms with E-state index in [0.29, 0.717) is 6.04 Å². The van der Waals surface area contributed by atoms with Crippen molar-refractivity contribution in [3.05, 3.63) is 64.7 Å². The Labute approximate surface area is 127 Å². The quantitative estimate of drug-likeness (QED) is 0.902. The van der Waals surface area contributed by atoms with Crippen LogP contribution in [0.3, 0.4) is 0 Å². The van der Waals surface area contributed by atoms with E-state index in [0.717, 1.165) is 31.6 Å². The molecule has 0 bridgehead atoms. The minimum Gasteiger partial charge on any atom is -0.493 e. The molecule has 2 aromatic rings. The molecule has 1 unspecified atom stereocenters. The van der Waals surface area contributed by atoms with Crippen LogP contribution < -0.4 is 10.1 Å². The molecule has 110 valence electrons. The smallest absolute Gasteiger partial charge is 0.122 e. The van der Waals surface area contributed by atoms with E-state index in [1.165, 1.54) is 22.3 Å². The zero-order valence-electron chi connectivity index (χ0n) is 12.9. The van der Waals surface area contributed by atoms with Gasteiger partial charge in [-0.3, -0.25) is 0 Å². The van der Waals surface area contributed by atoms with Gasteiger partial charge in [0.1, 0.15) is 5.75 Å². The summed E-state index contributed by atoms with van der Waals surface area (Å²) in [6.07, 6.45) is 3.14. The van der Waals surface area contributed by atoms with Crippen molar-refractivity contribution in [3.63, 3.8) is 0 Å². The van der Waals surface area contributed by atoms with Gasteiger partial charge in [0.2, 0.25) is 0 Å². The molecular formula is C19H23NO. The lowest BCUT2D eigenvalue weighted by molar-refractivity contribution is 0.356. The molecule has 1 heterocycles. The lowest BCUT2D eigenvalue weighted by Gasteiger charge is -2.18. The standard InChI is InChI=1S/C19H23NO/c1-3-14-4-6-15(7-5-14)12-18(20-2)16-8-9-19-17(13-16)10-11-21-19/h4-9,13,18,20H,3,10-12H2,1-2H3. The first-order valence-corrected chi connectivity index (χ1v) is 7.81. The summed E-state index contributed by atoms with van der Waals surface area (Å²) in [5.74, 6) is 1.06. The lowest BCUT2D eigenvalue weighted by atomic mass is 9.96. The second kappa shape index (κ2) is 6.31. The largest absolute Gasteiger partial charge is 0.493 e. The Balaban J connectivity index is 1.78. The summed E-state index contributed by atoms with van der Waals surface area (Å²) in [7, 11) is 2.04. The number of benzene rings is 2. The van der Waals surface area contributed by atoms with Crippen molar-refractivity contribution in [2.24, 2.45) is 0 Å². The second-order valence-corrected chi connectivity index (χ2v) is 5.68. The Morgan fingerprint density at radius 3 is 2.57 bits per heavy atom. The molecule has 1 aliphatic rings. The third-order valence-electron chi connectivity index (χ3n) is 4.34. The van der Waals surface area contributed by atoms with Crippen LogP contribution in [0.15, 0.2) is 42.5 Å². The third-order valence-corrected chi connectivity index (χ3v) is 4.34. The molecule has 2 nitrogen and oxygen atoms in total. The highest BCUT2D eigenvalue weighted by molar-refractivity contribution is 5.41. The highest BCUT2D eigenvalue weighted by atomic mass is 16.5. The van der Waals surface area contributed by atoms with Gasteiger partial charge in [-0.1, -0.05) is 43.3 Å². The molecule has 2 aromatic carbocycles. The number of nitrogens with one attached hydrogen (secondary N) is 1. The summed E-state index contributed by atoms with van der Waals surface area (Å²) < 4.78 is 5.59. The number of hydrogen-bond donors (Lipinski definition) is 1. The molecule has 0 saturated heterocycles. The Bertz CT molecular complexity index is 603. The lowest BCUT2D eigenvalue weighted by Crippen LogP contribution is -2.19. The number of rotatable bonds is 5. The van der Waals surface area contributed by atoms with Crippen molar-refractivity contribution in [1.29, 1.82) is 0 Å². The number of ether oxygens (including phenoxy) is 1. The topological polar surface area (TPSA) is 21.3 Å². The molecular weight excluding hydrogens is 258 g/mol. The molecule has 0 spiro atoms. The molecule has 0 fully saturated rings. The van der Waals surface area contributed by atoms with Crippen molar-refractivity contribution < 1.29 is 4.74 Å². The molecule has 1 atom stereocenters. The predicted molar refractivity (Wildman–Crippen MR) is 87.0 cm³/mol. The van der Waals surface area contributed by atoms with Crippen LogP contribution in [0.5, 0.6) is 5.75 Å². The van der Waals surface area contributed by atoms with Crippen LogP contribution in [0.2, 0.25) is 0 Å². The molecule has 0 saturated carbocycles. The Kier molecular flexibility index (Phi) is 4.26. The monoisotopic (exact) mass is 281 g/mol. The van der Waals surface area contributed by atoms with Gasteiger partial charge < -0.3 is 10.1 Å². The van der Waals surface area contributed by atoms with Gasteiger partial charge in [0.15, 0.2) is 0 Å². The predicted octanol–water partition coefficient (Wildman–Crippen LogP) is 3.69. The van der Waals surface area contributed by atoms with Crippen LogP contribution in [0.4, 0.5) is 0 Å². The van der Waals surface area contributed by atoms with Crippen LogP contribution in [0.1, 0.15) is 35.2 Å². The minimum atomic E-state index is 0.350. The van der Waals surface area contributed by atoms with Gasteiger partial charge in [-0.05, 0) is 48.2 Å². The first-order chi connectivity index (χ1) is 10.3. The maximum absolute atomic E-state index is 5.59. The molecule has 2 heteroatoms. The van der Waals surface area contributed by atoms with Gasteiger partial charge in [-0.25, -0.2) is 0 Å². The molecule has 1 aliphatic heterocycles. The van der Waals surface area contributed by atoms with Gasteiger partial charge in [-0.15, -0.1) is 0 Å². The summed E-state index contributed by atoms with van der Waals surface area (Å²) in [6.45, 7) is 3.01. The normalized spacial score (nSPS) is 14.6. The molecule has 0 aromatic heterocycles. The van der Waals surface area contributed by atoms with Crippen molar-refractivity contribution in [3.8, 4) is 5.75 Å². The Hall–Kier alpha value is -1.80. The minimum absolute atomic E-state index is 0.350. The summed E-state index contributed by atoms with van der Waals surface area (Å²) in [6, 6.07) is 15.9. The second-order valence-electron chi connectivity index (χ2n) is 5.68. The van der Waals surface area contributed by atoms with Crippen molar-refractivity contribution in [2.75, 3.05) is 13.7 Å². The average Bonchev–Trinajstić information content (AvgIpc) is 3.00. The fourth-order valence-corrected chi connectivity index (χ4v) is 2.96. The highest BCUT2D eigenvalue weighted by Crippen LogP contribution is 2.29. The van der Waals surface area contributed by atoms with Crippen molar-refractivity contribution in [1.82, 2.24) is 5.32 Å². The fraction of sp³-hybridized carbons (Fsp3) is 0.368. The maximum atomic E-state index is 5.59. The molecule has 0 amide bonds. The number of fused-ring (bicyclic) bond motifs is 1. The van der Waals surface area contributed by atoms with E-state index in [4.69, 9.17) is 4.74 Å². The molecule has 3 rings (SSSR count). The van der Waals surface area contributed by atoms with E-state index in [1.54, 1.807) is 0 Å². The first-order valence-electron chi connectivity index (χ1n) is 7.81. The van der Waals surface area contributed by atoms with Crippen LogP contribution in [0, 0.1) is 0 Å². The molecule has 0 aliphatic carbocycles. The molecule has 0 radical (unpaired) electrons. The van der Waals surface area contributed by atoms with Gasteiger partial charge in [-0.2, -0.15) is 0 Å². The van der Waals surface area contributed by atoms with Crippen LogP contribution in [-0.4, -0.2) is 13.7 Å². The summed E-state index contributed by atoms with van der Waals surface area (Å²) in [5, 5.41) is 3.45. The fourth-order valence-electron chi connectivity index (χ4n) is 2.96. The third kappa shape index (κ3) is 3.11. The number of aryl methyl sites for hydroxylation is 1. The summed E-state index contributed by atoms with van der Waals surface area (Å²) in [4.78, 5) is 0. The van der Waals surface area contributed by atoms with E-state index in [9.17, 15) is 0 Å². The van der Waals surface area contributed by atoms with E-state index in [-0.39, 0.29) is 0 Å². The highest BCUT2D eigenvalue weighted by Gasteiger charge is 2.16. The summed E-state index contributed by atoms with van der Waals surface area (Å²) >= 11 is 0. The average molecular weight is 281 g/mol. The van der Waals surface area contributed by atoms with E-state index >= 15 is 0 Å². The zero-order chi connectivity index (χ0) is 14.7. The Morgan fingerprint density at radius 1 is 1.10 bits per heavy atom. The van der Waals surface area contributed by atoms with Crippen LogP contribution in [0.25, 0.3) is 0 Å². The van der Waals surface area contributed by atoms with Gasteiger partial charge in [0.25, 0.3) is 0 Å². The SMILES string of the molecule is CCc1ccc(CC(NC)c2ccc3c(c2)CCO3)cc1. The van der Waals surface area contributed by atoms with E-state index < -0.39 is 0 Å². The van der Waals surface area contributed by atoms with E-state index in [2.05, 4.69) is 54.7 Å². The van der Waals surface area contributed by atoms with Gasteiger partial charge in [0.05, 0.1) is 6.61 Å². The summed E-state index contributed by atoms with van der Waals surface area (Å²) in [5.41, 5.74) is 5.47. The number of hydrogen-bond acceptors (Lipinski definition) is 2. The van der Waals surface area contributed by atoms with E-state index in [1.807, 2.05) is 7.05 Å². The van der Waals surface area contributed by atoms with Crippen LogP contribution in [-0.2, 0) is 19.3 Å². The molecule has 1 N–H and O–H groups in total. The molecule has 21 heavy (non-hydrogen) atoms. The maximum Gasteiger partial charge on any atom is 0.122 e. The Morgan fingerprint density at radius 2 is 1.86 bits per heavy atom. The van der Waals surface area contributed by atoms with Crippen molar-refractivity contribution >= 4 is 0 Å². The zero-order valence-corrected chi connectivity index (χ0v) is 12.9. The van der Waals surface area contributed by atoms with Crippen LogP contribution >= 0.6 is 0 Å². The van der Waals surface area contributed by atoms with Crippen molar-refractivity contribution in [2.45, 2.75) is 32.2 Å².